The summed E-state index contributed by atoms with van der Waals surface area (Å²) in [5.41, 5.74) is 3.55. The molecule has 2 atom stereocenters. The molecule has 41 heavy (non-hydrogen) atoms. The zero-order chi connectivity index (χ0) is 28.8. The highest BCUT2D eigenvalue weighted by molar-refractivity contribution is 6.29. The Morgan fingerprint density at radius 2 is 1.93 bits per heavy atom. The van der Waals surface area contributed by atoms with Crippen molar-refractivity contribution < 1.29 is 19.1 Å². The summed E-state index contributed by atoms with van der Waals surface area (Å²) in [7, 11) is 1.65. The first-order chi connectivity index (χ1) is 20.0. The van der Waals surface area contributed by atoms with Crippen LogP contribution in [0.3, 0.4) is 0 Å². The van der Waals surface area contributed by atoms with Crippen molar-refractivity contribution >= 4 is 35.2 Å². The Labute approximate surface area is 244 Å². The zero-order valence-electron chi connectivity index (χ0n) is 23.3. The van der Waals surface area contributed by atoms with Crippen LogP contribution in [0.25, 0.3) is 0 Å². The predicted octanol–water partition coefficient (Wildman–Crippen LogP) is 5.92. The molecule has 9 nitrogen and oxygen atoms in total. The topological polar surface area (TPSA) is 106 Å². The van der Waals surface area contributed by atoms with Gasteiger partial charge in [-0.05, 0) is 86.6 Å². The SMILES string of the molecule is CCC1CC(C=O)N(Cc2cccc(NC(=O)c3ccc(Cl)nn3)c2)N=C1c1ccc(OC)c(OC2CCCC2)c1. The number of methoxy groups -OCH3 is 1. The highest BCUT2D eigenvalue weighted by Gasteiger charge is 2.31. The van der Waals surface area contributed by atoms with E-state index < -0.39 is 5.91 Å². The number of anilines is 1. The fourth-order valence-corrected chi connectivity index (χ4v) is 5.53. The normalized spacial score (nSPS) is 19.0. The van der Waals surface area contributed by atoms with Crippen LogP contribution in [0, 0.1) is 5.92 Å². The smallest absolute Gasteiger partial charge is 0.276 e. The van der Waals surface area contributed by atoms with Crippen LogP contribution in [0.1, 0.15) is 67.1 Å². The molecule has 1 fully saturated rings. The van der Waals surface area contributed by atoms with Gasteiger partial charge < -0.3 is 19.6 Å². The van der Waals surface area contributed by atoms with Crippen LogP contribution >= 0.6 is 11.6 Å². The monoisotopic (exact) mass is 575 g/mol. The minimum Gasteiger partial charge on any atom is -0.493 e. The Morgan fingerprint density at radius 3 is 2.63 bits per heavy atom. The molecule has 1 aliphatic carbocycles. The first-order valence-corrected chi connectivity index (χ1v) is 14.4. The van der Waals surface area contributed by atoms with Crippen LogP contribution in [-0.4, -0.2) is 52.4 Å². The zero-order valence-corrected chi connectivity index (χ0v) is 24.0. The molecule has 1 amide bonds. The number of aromatic nitrogens is 2. The second kappa shape index (κ2) is 13.1. The standard InChI is InChI=1S/C31H34ClN5O4/c1-3-21-16-24(19-38)37(18-20-7-6-8-23(15-20)33-31(39)26-12-14-29(32)35-34-26)36-30(21)22-11-13-27(40-2)28(17-22)41-25-9-4-5-10-25/h6-8,11-15,17,19,21,24-25H,3-5,9-10,16,18H2,1-2H3,(H,33,39). The summed E-state index contributed by atoms with van der Waals surface area (Å²) >= 11 is 5.78. The van der Waals surface area contributed by atoms with Gasteiger partial charge >= 0.3 is 0 Å². The lowest BCUT2D eigenvalue weighted by molar-refractivity contribution is -0.113. The van der Waals surface area contributed by atoms with Crippen molar-refractivity contribution in [2.45, 2.75) is 64.1 Å². The van der Waals surface area contributed by atoms with Crippen LogP contribution < -0.4 is 14.8 Å². The van der Waals surface area contributed by atoms with Crippen molar-refractivity contribution in [2.75, 3.05) is 12.4 Å². The van der Waals surface area contributed by atoms with Gasteiger partial charge in [0.25, 0.3) is 5.91 Å². The van der Waals surface area contributed by atoms with Crippen LogP contribution in [-0.2, 0) is 11.3 Å². The fourth-order valence-electron chi connectivity index (χ4n) is 5.43. The first kappa shape index (κ1) is 28.5. The van der Waals surface area contributed by atoms with Gasteiger partial charge in [-0.1, -0.05) is 30.7 Å². The van der Waals surface area contributed by atoms with Gasteiger partial charge in [-0.2, -0.15) is 5.10 Å². The largest absolute Gasteiger partial charge is 0.493 e. The Kier molecular flexibility index (Phi) is 9.14. The summed E-state index contributed by atoms with van der Waals surface area (Å²) < 4.78 is 11.9. The van der Waals surface area contributed by atoms with E-state index >= 15 is 0 Å². The molecule has 0 spiro atoms. The molecule has 2 unspecified atom stereocenters. The van der Waals surface area contributed by atoms with E-state index in [9.17, 15) is 9.59 Å². The quantitative estimate of drug-likeness (QED) is 0.299. The number of hydrogen-bond donors (Lipinski definition) is 1. The van der Waals surface area contributed by atoms with E-state index in [-0.39, 0.29) is 28.9 Å². The Hall–Kier alpha value is -3.98. The van der Waals surface area contributed by atoms with Crippen molar-refractivity contribution in [2.24, 2.45) is 11.0 Å². The van der Waals surface area contributed by atoms with E-state index in [0.717, 1.165) is 48.1 Å². The van der Waals surface area contributed by atoms with Crippen molar-refractivity contribution in [3.63, 3.8) is 0 Å². The molecule has 1 N–H and O–H groups in total. The highest BCUT2D eigenvalue weighted by atomic mass is 35.5. The average molecular weight is 576 g/mol. The molecule has 10 heteroatoms. The molecule has 214 valence electrons. The van der Waals surface area contributed by atoms with E-state index in [1.807, 2.05) is 41.4 Å². The summed E-state index contributed by atoms with van der Waals surface area (Å²) in [6.07, 6.45) is 7.15. The van der Waals surface area contributed by atoms with Gasteiger partial charge in [0.15, 0.2) is 22.3 Å². The third kappa shape index (κ3) is 6.85. The van der Waals surface area contributed by atoms with Gasteiger partial charge in [0.1, 0.15) is 12.3 Å². The molecule has 2 aliphatic rings. The second-order valence-corrected chi connectivity index (χ2v) is 10.8. The van der Waals surface area contributed by atoms with E-state index in [4.69, 9.17) is 26.2 Å². The summed E-state index contributed by atoms with van der Waals surface area (Å²) in [6, 6.07) is 16.1. The number of hydrogen-bond acceptors (Lipinski definition) is 8. The van der Waals surface area contributed by atoms with Gasteiger partial charge in [0.2, 0.25) is 0 Å². The number of aldehydes is 1. The molecular weight excluding hydrogens is 542 g/mol. The summed E-state index contributed by atoms with van der Waals surface area (Å²) in [5.74, 6) is 1.17. The van der Waals surface area contributed by atoms with Crippen molar-refractivity contribution in [3.8, 4) is 11.5 Å². The van der Waals surface area contributed by atoms with Gasteiger partial charge in [-0.15, -0.1) is 10.2 Å². The number of benzene rings is 2. The van der Waals surface area contributed by atoms with E-state index in [1.54, 1.807) is 13.2 Å². The van der Waals surface area contributed by atoms with E-state index in [2.05, 4.69) is 22.4 Å². The number of nitrogens with one attached hydrogen (secondary N) is 1. The van der Waals surface area contributed by atoms with Crippen LogP contribution in [0.15, 0.2) is 59.7 Å². The van der Waals surface area contributed by atoms with Crippen LogP contribution in [0.4, 0.5) is 5.69 Å². The molecule has 2 heterocycles. The molecule has 3 aromatic rings. The number of carbonyl (C=O) groups excluding carboxylic acids is 2. The maximum atomic E-state index is 12.6. The van der Waals surface area contributed by atoms with E-state index in [0.29, 0.717) is 24.4 Å². The average Bonchev–Trinajstić information content (AvgIpc) is 3.50. The number of hydrazone groups is 1. The number of nitrogens with zero attached hydrogens (tertiary/aromatic N) is 4. The Bertz CT molecular complexity index is 1410. The molecule has 2 aromatic carbocycles. The number of ether oxygens (including phenoxy) is 2. The lowest BCUT2D eigenvalue weighted by atomic mass is 9.87. The first-order valence-electron chi connectivity index (χ1n) is 14.0. The van der Waals surface area contributed by atoms with E-state index in [1.165, 1.54) is 25.0 Å². The molecular formula is C31H34ClN5O4. The molecule has 1 aromatic heterocycles. The fraction of sp³-hybridized carbons (Fsp3) is 0.387. The molecule has 0 bridgehead atoms. The Morgan fingerprint density at radius 1 is 1.10 bits per heavy atom. The molecule has 5 rings (SSSR count). The number of rotatable bonds is 10. The van der Waals surface area contributed by atoms with Gasteiger partial charge in [-0.3, -0.25) is 9.80 Å². The predicted molar refractivity (Wildman–Crippen MR) is 158 cm³/mol. The lowest BCUT2D eigenvalue weighted by Crippen LogP contribution is -2.41. The molecule has 1 saturated carbocycles. The van der Waals surface area contributed by atoms with Gasteiger partial charge in [0, 0.05) is 17.2 Å². The highest BCUT2D eigenvalue weighted by Crippen LogP contribution is 2.35. The number of amides is 1. The second-order valence-electron chi connectivity index (χ2n) is 10.4. The minimum absolute atomic E-state index is 0.125. The summed E-state index contributed by atoms with van der Waals surface area (Å²) in [5, 5.41) is 17.5. The third-order valence-corrected chi connectivity index (χ3v) is 7.83. The summed E-state index contributed by atoms with van der Waals surface area (Å²) in [4.78, 5) is 24.8. The summed E-state index contributed by atoms with van der Waals surface area (Å²) in [6.45, 7) is 2.52. The van der Waals surface area contributed by atoms with Gasteiger partial charge in [-0.25, -0.2) is 0 Å². The van der Waals surface area contributed by atoms with Crippen molar-refractivity contribution in [1.29, 1.82) is 0 Å². The number of halogens is 1. The molecule has 0 saturated heterocycles. The molecule has 0 radical (unpaired) electrons. The maximum Gasteiger partial charge on any atom is 0.276 e. The van der Waals surface area contributed by atoms with Gasteiger partial charge in [0.05, 0.1) is 25.5 Å². The van der Waals surface area contributed by atoms with Crippen molar-refractivity contribution in [3.05, 3.63) is 76.6 Å². The minimum atomic E-state index is -0.392. The van der Waals surface area contributed by atoms with Crippen LogP contribution in [0.5, 0.6) is 11.5 Å². The maximum absolute atomic E-state index is 12.6. The van der Waals surface area contributed by atoms with Crippen molar-refractivity contribution in [1.82, 2.24) is 15.2 Å². The third-order valence-electron chi connectivity index (χ3n) is 7.63. The number of carbonyl (C=O) groups is 2. The van der Waals surface area contributed by atoms with Crippen LogP contribution in [0.2, 0.25) is 5.15 Å². The molecule has 1 aliphatic heterocycles. The lowest BCUT2D eigenvalue weighted by Gasteiger charge is -2.35. The Balaban J connectivity index is 1.39.